The van der Waals surface area contributed by atoms with E-state index in [1.807, 2.05) is 11.4 Å². The zero-order valence-electron chi connectivity index (χ0n) is 6.66. The predicted octanol–water partition coefficient (Wildman–Crippen LogP) is 2.20. The first kappa shape index (κ1) is 10.3. The van der Waals surface area contributed by atoms with Crippen molar-refractivity contribution in [2.45, 2.75) is 6.54 Å². The number of halogens is 1. The van der Waals surface area contributed by atoms with Gasteiger partial charge in [-0.25, -0.2) is 4.79 Å². The van der Waals surface area contributed by atoms with E-state index in [1.54, 1.807) is 11.3 Å². The monoisotopic (exact) mass is 261 g/mol. The van der Waals surface area contributed by atoms with Crippen LogP contribution in [0.1, 0.15) is 5.56 Å². The molecule has 0 amide bonds. The van der Waals surface area contributed by atoms with Gasteiger partial charge in [-0.1, -0.05) is 0 Å². The summed E-state index contributed by atoms with van der Waals surface area (Å²) in [4.78, 5) is 10.1. The molecule has 1 rings (SSSR count). The maximum Gasteiger partial charge on any atom is 0.329 e. The Labute approximate surface area is 88.2 Å². The van der Waals surface area contributed by atoms with Crippen LogP contribution in [0, 0.1) is 0 Å². The SMILES string of the molecule is O=C(O)/C=C/NCc1ccsc1Br. The van der Waals surface area contributed by atoms with E-state index in [-0.39, 0.29) is 0 Å². The van der Waals surface area contributed by atoms with E-state index in [9.17, 15) is 4.79 Å². The molecular weight excluding hydrogens is 254 g/mol. The second-order valence-corrected chi connectivity index (χ2v) is 4.51. The number of hydrogen-bond donors (Lipinski definition) is 2. The van der Waals surface area contributed by atoms with Crippen molar-refractivity contribution in [2.24, 2.45) is 0 Å². The Morgan fingerprint density at radius 2 is 2.54 bits per heavy atom. The number of rotatable bonds is 4. The predicted molar refractivity (Wildman–Crippen MR) is 55.6 cm³/mol. The van der Waals surface area contributed by atoms with E-state index in [0.717, 1.165) is 15.4 Å². The van der Waals surface area contributed by atoms with Crippen LogP contribution in [0.3, 0.4) is 0 Å². The number of carboxylic acids is 1. The van der Waals surface area contributed by atoms with Gasteiger partial charge in [-0.05, 0) is 32.9 Å². The number of nitrogens with one attached hydrogen (secondary N) is 1. The second kappa shape index (κ2) is 5.04. The Bertz CT molecular complexity index is 322. The lowest BCUT2D eigenvalue weighted by atomic mass is 10.3. The fourth-order valence-corrected chi connectivity index (χ4v) is 1.98. The summed E-state index contributed by atoms with van der Waals surface area (Å²) < 4.78 is 1.07. The van der Waals surface area contributed by atoms with Gasteiger partial charge in [0.1, 0.15) is 0 Å². The number of thiophene rings is 1. The van der Waals surface area contributed by atoms with E-state index in [4.69, 9.17) is 5.11 Å². The molecule has 0 bridgehead atoms. The minimum Gasteiger partial charge on any atom is -0.478 e. The summed E-state index contributed by atoms with van der Waals surface area (Å²) in [6.45, 7) is 0.633. The van der Waals surface area contributed by atoms with Gasteiger partial charge >= 0.3 is 5.97 Å². The summed E-state index contributed by atoms with van der Waals surface area (Å²) in [5.74, 6) is -0.947. The summed E-state index contributed by atoms with van der Waals surface area (Å²) in [7, 11) is 0. The van der Waals surface area contributed by atoms with Gasteiger partial charge in [0, 0.05) is 18.8 Å². The van der Waals surface area contributed by atoms with Crippen LogP contribution < -0.4 is 5.32 Å². The number of carboxylic acid groups (broad SMARTS) is 1. The molecule has 70 valence electrons. The smallest absolute Gasteiger partial charge is 0.329 e. The van der Waals surface area contributed by atoms with Crippen molar-refractivity contribution in [1.82, 2.24) is 5.32 Å². The van der Waals surface area contributed by atoms with Crippen LogP contribution in [0.25, 0.3) is 0 Å². The fraction of sp³-hybridized carbons (Fsp3) is 0.125. The van der Waals surface area contributed by atoms with Crippen LogP contribution in [0.4, 0.5) is 0 Å². The van der Waals surface area contributed by atoms with Crippen LogP contribution in [-0.4, -0.2) is 11.1 Å². The molecule has 5 heteroatoms. The van der Waals surface area contributed by atoms with Crippen molar-refractivity contribution < 1.29 is 9.90 Å². The van der Waals surface area contributed by atoms with Crippen molar-refractivity contribution in [3.63, 3.8) is 0 Å². The van der Waals surface area contributed by atoms with E-state index in [0.29, 0.717) is 6.54 Å². The highest BCUT2D eigenvalue weighted by Gasteiger charge is 1.97. The van der Waals surface area contributed by atoms with E-state index in [1.165, 1.54) is 6.20 Å². The minimum absolute atomic E-state index is 0.633. The summed E-state index contributed by atoms with van der Waals surface area (Å²) in [6, 6.07) is 1.98. The molecule has 0 saturated carbocycles. The molecular formula is C8H8BrNO2S. The van der Waals surface area contributed by atoms with Crippen LogP contribution in [-0.2, 0) is 11.3 Å². The van der Waals surface area contributed by atoms with Gasteiger partial charge in [0.25, 0.3) is 0 Å². The molecule has 0 atom stereocenters. The first-order valence-electron chi connectivity index (χ1n) is 3.55. The highest BCUT2D eigenvalue weighted by molar-refractivity contribution is 9.11. The first-order valence-corrected chi connectivity index (χ1v) is 5.22. The molecule has 0 aliphatic heterocycles. The zero-order valence-corrected chi connectivity index (χ0v) is 9.06. The standard InChI is InChI=1S/C8H8BrNO2S/c9-8-6(2-4-13-8)5-10-3-1-7(11)12/h1-4,10H,5H2,(H,11,12)/b3-1+. The lowest BCUT2D eigenvalue weighted by molar-refractivity contribution is -0.131. The van der Waals surface area contributed by atoms with Gasteiger partial charge in [0.05, 0.1) is 3.79 Å². The minimum atomic E-state index is -0.947. The average molecular weight is 262 g/mol. The average Bonchev–Trinajstić information content (AvgIpc) is 2.45. The van der Waals surface area contributed by atoms with Gasteiger partial charge in [-0.3, -0.25) is 0 Å². The third-order valence-corrected chi connectivity index (χ3v) is 3.14. The summed E-state index contributed by atoms with van der Waals surface area (Å²) in [5.41, 5.74) is 1.13. The first-order chi connectivity index (χ1) is 6.20. The number of hydrogen-bond acceptors (Lipinski definition) is 3. The van der Waals surface area contributed by atoms with Crippen LogP contribution in [0.2, 0.25) is 0 Å². The van der Waals surface area contributed by atoms with Crippen LogP contribution >= 0.6 is 27.3 Å². The van der Waals surface area contributed by atoms with Gasteiger partial charge in [-0.15, -0.1) is 11.3 Å². The molecule has 0 fully saturated rings. The lowest BCUT2D eigenvalue weighted by Crippen LogP contribution is -2.04. The zero-order chi connectivity index (χ0) is 9.68. The normalized spacial score (nSPS) is 10.5. The summed E-state index contributed by atoms with van der Waals surface area (Å²) in [5, 5.41) is 13.1. The Hall–Kier alpha value is -0.810. The molecule has 0 saturated heterocycles. The van der Waals surface area contributed by atoms with Gasteiger partial charge in [-0.2, -0.15) is 0 Å². The molecule has 0 radical (unpaired) electrons. The second-order valence-electron chi connectivity index (χ2n) is 2.27. The molecule has 1 aromatic rings. The maximum absolute atomic E-state index is 10.1. The van der Waals surface area contributed by atoms with Crippen molar-refractivity contribution in [1.29, 1.82) is 0 Å². The highest BCUT2D eigenvalue weighted by Crippen LogP contribution is 2.22. The molecule has 0 aromatic carbocycles. The molecule has 0 unspecified atom stereocenters. The third kappa shape index (κ3) is 3.61. The molecule has 3 nitrogen and oxygen atoms in total. The lowest BCUT2D eigenvalue weighted by Gasteiger charge is -1.97. The highest BCUT2D eigenvalue weighted by atomic mass is 79.9. The van der Waals surface area contributed by atoms with Crippen molar-refractivity contribution in [3.05, 3.63) is 33.1 Å². The summed E-state index contributed by atoms with van der Waals surface area (Å²) >= 11 is 4.99. The quantitative estimate of drug-likeness (QED) is 0.818. The molecule has 1 heterocycles. The molecule has 0 aliphatic carbocycles. The fourth-order valence-electron chi connectivity index (χ4n) is 0.745. The third-order valence-electron chi connectivity index (χ3n) is 1.33. The molecule has 2 N–H and O–H groups in total. The Kier molecular flexibility index (Phi) is 3.98. The Morgan fingerprint density at radius 3 is 3.08 bits per heavy atom. The van der Waals surface area contributed by atoms with E-state index < -0.39 is 5.97 Å². The Morgan fingerprint density at radius 1 is 1.77 bits per heavy atom. The van der Waals surface area contributed by atoms with E-state index in [2.05, 4.69) is 21.2 Å². The van der Waals surface area contributed by atoms with Gasteiger partial charge in [0.15, 0.2) is 0 Å². The maximum atomic E-state index is 10.1. The van der Waals surface area contributed by atoms with Crippen molar-refractivity contribution >= 4 is 33.2 Å². The largest absolute Gasteiger partial charge is 0.478 e. The number of aliphatic carboxylic acids is 1. The van der Waals surface area contributed by atoms with Gasteiger partial charge < -0.3 is 10.4 Å². The molecule has 13 heavy (non-hydrogen) atoms. The molecule has 0 spiro atoms. The van der Waals surface area contributed by atoms with Crippen molar-refractivity contribution in [3.8, 4) is 0 Å². The van der Waals surface area contributed by atoms with Gasteiger partial charge in [0.2, 0.25) is 0 Å². The van der Waals surface area contributed by atoms with Crippen LogP contribution in [0.15, 0.2) is 27.5 Å². The van der Waals surface area contributed by atoms with Crippen LogP contribution in [0.5, 0.6) is 0 Å². The molecule has 0 aliphatic rings. The number of carbonyl (C=O) groups is 1. The van der Waals surface area contributed by atoms with E-state index >= 15 is 0 Å². The van der Waals surface area contributed by atoms with Crippen molar-refractivity contribution in [2.75, 3.05) is 0 Å². The molecule has 1 aromatic heterocycles. The topological polar surface area (TPSA) is 49.3 Å². The Balaban J connectivity index is 2.36. The summed E-state index contributed by atoms with van der Waals surface area (Å²) in [6.07, 6.45) is 2.49.